The second-order valence-corrected chi connectivity index (χ2v) is 6.58. The molecule has 1 N–H and O–H groups in total. The smallest absolute Gasteiger partial charge is 0.257 e. The van der Waals surface area contributed by atoms with Crippen LogP contribution in [0.5, 0.6) is 5.75 Å². The fourth-order valence-electron chi connectivity index (χ4n) is 2.18. The Balaban J connectivity index is 1.66. The molecule has 0 aliphatic heterocycles. The molecule has 0 bridgehead atoms. The van der Waals surface area contributed by atoms with Crippen LogP contribution in [0.2, 0.25) is 0 Å². The molecule has 0 unspecified atom stereocenters. The Labute approximate surface area is 150 Å². The van der Waals surface area contributed by atoms with Crippen LogP contribution < -0.4 is 10.1 Å². The van der Waals surface area contributed by atoms with E-state index in [1.807, 2.05) is 31.2 Å². The van der Waals surface area contributed by atoms with E-state index in [1.165, 1.54) is 16.9 Å². The van der Waals surface area contributed by atoms with Gasteiger partial charge in [-0.15, -0.1) is 10.2 Å². The van der Waals surface area contributed by atoms with E-state index in [-0.39, 0.29) is 5.91 Å². The summed E-state index contributed by atoms with van der Waals surface area (Å²) in [6, 6.07) is 15.1. The largest absolute Gasteiger partial charge is 0.494 e. The number of nitrogens with zero attached hydrogens (tertiary/aromatic N) is 2. The Bertz CT molecular complexity index is 842. The third-order valence-electron chi connectivity index (χ3n) is 3.53. The summed E-state index contributed by atoms with van der Waals surface area (Å²) in [5.74, 6) is 0.546. The third-order valence-corrected chi connectivity index (χ3v) is 4.42. The van der Waals surface area contributed by atoms with Gasteiger partial charge in [0, 0.05) is 11.1 Å². The van der Waals surface area contributed by atoms with Crippen molar-refractivity contribution in [3.63, 3.8) is 0 Å². The second-order valence-electron chi connectivity index (χ2n) is 5.61. The number of aryl methyl sites for hydroxylation is 1. The van der Waals surface area contributed by atoms with Gasteiger partial charge in [-0.25, -0.2) is 0 Å². The van der Waals surface area contributed by atoms with Gasteiger partial charge in [-0.1, -0.05) is 48.1 Å². The van der Waals surface area contributed by atoms with E-state index < -0.39 is 0 Å². The summed E-state index contributed by atoms with van der Waals surface area (Å²) in [5.41, 5.74) is 2.73. The molecule has 1 heterocycles. The highest BCUT2D eigenvalue weighted by atomic mass is 32.1. The normalized spacial score (nSPS) is 10.5. The summed E-state index contributed by atoms with van der Waals surface area (Å²) in [6.45, 7) is 4.75. The van der Waals surface area contributed by atoms with Gasteiger partial charge < -0.3 is 4.74 Å². The van der Waals surface area contributed by atoms with Crippen LogP contribution in [-0.4, -0.2) is 22.7 Å². The van der Waals surface area contributed by atoms with Crippen molar-refractivity contribution in [1.29, 1.82) is 0 Å². The first-order valence-corrected chi connectivity index (χ1v) is 8.92. The van der Waals surface area contributed by atoms with E-state index in [1.54, 1.807) is 24.3 Å². The molecule has 0 radical (unpaired) electrons. The van der Waals surface area contributed by atoms with Crippen LogP contribution >= 0.6 is 11.3 Å². The molecule has 3 aromatic rings. The maximum Gasteiger partial charge on any atom is 0.257 e. The Hall–Kier alpha value is -2.73. The van der Waals surface area contributed by atoms with Gasteiger partial charge in [0.15, 0.2) is 0 Å². The van der Waals surface area contributed by atoms with E-state index in [9.17, 15) is 4.79 Å². The highest BCUT2D eigenvalue weighted by Gasteiger charge is 2.11. The van der Waals surface area contributed by atoms with E-state index in [0.717, 1.165) is 22.7 Å². The molecule has 128 valence electrons. The molecule has 5 nitrogen and oxygen atoms in total. The molecule has 0 spiro atoms. The third kappa shape index (κ3) is 4.42. The summed E-state index contributed by atoms with van der Waals surface area (Å²) < 4.78 is 5.52. The van der Waals surface area contributed by atoms with Crippen LogP contribution in [0.15, 0.2) is 48.5 Å². The van der Waals surface area contributed by atoms with Crippen molar-refractivity contribution in [2.75, 3.05) is 11.9 Å². The Morgan fingerprint density at radius 3 is 2.48 bits per heavy atom. The summed E-state index contributed by atoms with van der Waals surface area (Å²) in [4.78, 5) is 12.3. The number of carbonyl (C=O) groups is 1. The standard InChI is InChI=1S/C19H19N3O2S/c1-3-12-24-16-10-8-14(9-11-16)17(23)20-19-22-21-18(25-19)15-6-4-13(2)5-7-15/h4-11H,3,12H2,1-2H3,(H,20,22,23). The quantitative estimate of drug-likeness (QED) is 0.706. The summed E-state index contributed by atoms with van der Waals surface area (Å²) in [6.07, 6.45) is 0.947. The first-order valence-electron chi connectivity index (χ1n) is 8.10. The van der Waals surface area contributed by atoms with Gasteiger partial charge in [0.25, 0.3) is 5.91 Å². The SMILES string of the molecule is CCCOc1ccc(C(=O)Nc2nnc(-c3ccc(C)cc3)s2)cc1. The van der Waals surface area contributed by atoms with Gasteiger partial charge >= 0.3 is 0 Å². The van der Waals surface area contributed by atoms with Crippen molar-refractivity contribution >= 4 is 22.4 Å². The molecule has 25 heavy (non-hydrogen) atoms. The number of rotatable bonds is 6. The molecule has 0 aliphatic carbocycles. The van der Waals surface area contributed by atoms with Gasteiger partial charge in [0.2, 0.25) is 5.13 Å². The van der Waals surface area contributed by atoms with Crippen LogP contribution in [0.4, 0.5) is 5.13 Å². The lowest BCUT2D eigenvalue weighted by atomic mass is 10.2. The number of amides is 1. The number of hydrogen-bond acceptors (Lipinski definition) is 5. The number of hydrogen-bond donors (Lipinski definition) is 1. The molecular weight excluding hydrogens is 334 g/mol. The van der Waals surface area contributed by atoms with Gasteiger partial charge in [0.1, 0.15) is 10.8 Å². The van der Waals surface area contributed by atoms with Crippen molar-refractivity contribution < 1.29 is 9.53 Å². The first-order chi connectivity index (χ1) is 12.2. The minimum atomic E-state index is -0.214. The number of carbonyl (C=O) groups excluding carboxylic acids is 1. The number of anilines is 1. The molecule has 0 fully saturated rings. The predicted molar refractivity (Wildman–Crippen MR) is 100 cm³/mol. The average molecular weight is 353 g/mol. The van der Waals surface area contributed by atoms with Crippen LogP contribution in [-0.2, 0) is 0 Å². The molecular formula is C19H19N3O2S. The number of benzene rings is 2. The van der Waals surface area contributed by atoms with Crippen molar-refractivity contribution in [2.45, 2.75) is 20.3 Å². The minimum absolute atomic E-state index is 0.214. The van der Waals surface area contributed by atoms with E-state index in [4.69, 9.17) is 4.74 Å². The summed E-state index contributed by atoms with van der Waals surface area (Å²) in [7, 11) is 0. The summed E-state index contributed by atoms with van der Waals surface area (Å²) >= 11 is 1.35. The summed E-state index contributed by atoms with van der Waals surface area (Å²) in [5, 5.41) is 12.2. The number of nitrogens with one attached hydrogen (secondary N) is 1. The van der Waals surface area contributed by atoms with E-state index >= 15 is 0 Å². The molecule has 0 atom stereocenters. The lowest BCUT2D eigenvalue weighted by Gasteiger charge is -2.05. The maximum absolute atomic E-state index is 12.3. The van der Waals surface area contributed by atoms with Gasteiger partial charge in [0.05, 0.1) is 6.61 Å². The topological polar surface area (TPSA) is 64.1 Å². The zero-order valence-electron chi connectivity index (χ0n) is 14.2. The van der Waals surface area contributed by atoms with Crippen LogP contribution in [0, 0.1) is 6.92 Å². The Kier molecular flexibility index (Phi) is 5.40. The molecule has 0 saturated heterocycles. The second kappa shape index (κ2) is 7.90. The molecule has 1 amide bonds. The predicted octanol–water partition coefficient (Wildman–Crippen LogP) is 4.55. The lowest BCUT2D eigenvalue weighted by molar-refractivity contribution is 0.102. The van der Waals surface area contributed by atoms with Crippen molar-refractivity contribution in [1.82, 2.24) is 10.2 Å². The molecule has 0 saturated carbocycles. The van der Waals surface area contributed by atoms with Crippen LogP contribution in [0.1, 0.15) is 29.3 Å². The molecule has 2 aromatic carbocycles. The monoisotopic (exact) mass is 353 g/mol. The van der Waals surface area contributed by atoms with Crippen molar-refractivity contribution in [2.24, 2.45) is 0 Å². The van der Waals surface area contributed by atoms with Crippen LogP contribution in [0.3, 0.4) is 0 Å². The molecule has 3 rings (SSSR count). The Morgan fingerprint density at radius 2 is 1.80 bits per heavy atom. The van der Waals surface area contributed by atoms with E-state index in [0.29, 0.717) is 17.3 Å². The fourth-order valence-corrected chi connectivity index (χ4v) is 2.92. The van der Waals surface area contributed by atoms with Crippen molar-refractivity contribution in [3.05, 3.63) is 59.7 Å². The number of ether oxygens (including phenoxy) is 1. The zero-order valence-corrected chi connectivity index (χ0v) is 15.0. The van der Waals surface area contributed by atoms with Crippen LogP contribution in [0.25, 0.3) is 10.6 Å². The minimum Gasteiger partial charge on any atom is -0.494 e. The molecule has 1 aromatic heterocycles. The highest BCUT2D eigenvalue weighted by Crippen LogP contribution is 2.26. The fraction of sp³-hybridized carbons (Fsp3) is 0.211. The number of aromatic nitrogens is 2. The maximum atomic E-state index is 12.3. The van der Waals surface area contributed by atoms with Gasteiger partial charge in [-0.05, 0) is 37.6 Å². The van der Waals surface area contributed by atoms with Gasteiger partial charge in [-0.3, -0.25) is 10.1 Å². The lowest BCUT2D eigenvalue weighted by Crippen LogP contribution is -2.11. The van der Waals surface area contributed by atoms with E-state index in [2.05, 4.69) is 22.4 Å². The molecule has 6 heteroatoms. The molecule has 0 aliphatic rings. The highest BCUT2D eigenvalue weighted by molar-refractivity contribution is 7.18. The first kappa shape index (κ1) is 17.1. The van der Waals surface area contributed by atoms with Crippen molar-refractivity contribution in [3.8, 4) is 16.3 Å². The van der Waals surface area contributed by atoms with Gasteiger partial charge in [-0.2, -0.15) is 0 Å². The average Bonchev–Trinajstić information content (AvgIpc) is 3.09. The zero-order chi connectivity index (χ0) is 17.6. The Morgan fingerprint density at radius 1 is 1.08 bits per heavy atom.